The van der Waals surface area contributed by atoms with E-state index < -0.39 is 4.92 Å². The lowest BCUT2D eigenvalue weighted by Crippen LogP contribution is -2.15. The lowest BCUT2D eigenvalue weighted by molar-refractivity contribution is -0.383. The van der Waals surface area contributed by atoms with Crippen molar-refractivity contribution in [2.24, 2.45) is 0 Å². The number of carbonyl (C=O) groups is 1. The minimum Gasteiger partial charge on any atom is -0.320 e. The van der Waals surface area contributed by atoms with Crippen LogP contribution in [-0.4, -0.2) is 31.3 Å². The zero-order valence-corrected chi connectivity index (χ0v) is 16.7. The largest absolute Gasteiger partial charge is 0.320 e. The first-order valence-electron chi connectivity index (χ1n) is 8.45. The van der Waals surface area contributed by atoms with Crippen molar-refractivity contribution in [3.63, 3.8) is 0 Å². The third-order valence-corrected chi connectivity index (χ3v) is 5.02. The third kappa shape index (κ3) is 5.01. The van der Waals surface area contributed by atoms with Gasteiger partial charge in [0.1, 0.15) is 5.69 Å². The molecule has 1 aromatic heterocycles. The van der Waals surface area contributed by atoms with Gasteiger partial charge in [0.25, 0.3) is 5.69 Å². The number of allylic oxidation sites excluding steroid dienone is 1. The maximum atomic E-state index is 12.3. The Balaban J connectivity index is 1.75. The van der Waals surface area contributed by atoms with E-state index in [0.29, 0.717) is 22.5 Å². The molecule has 0 radical (unpaired) electrons. The first-order valence-corrected chi connectivity index (χ1v) is 9.82. The Kier molecular flexibility index (Phi) is 6.63. The van der Waals surface area contributed by atoms with Crippen LogP contribution in [0, 0.1) is 10.1 Å². The van der Waals surface area contributed by atoms with Crippen molar-refractivity contribution < 1.29 is 9.72 Å². The monoisotopic (exact) mass is 429 g/mol. The number of amides is 1. The number of nitrogens with zero attached hydrogens (tertiary/aromatic N) is 4. The highest BCUT2D eigenvalue weighted by atomic mass is 35.5. The van der Waals surface area contributed by atoms with Crippen LogP contribution in [0.25, 0.3) is 11.4 Å². The van der Waals surface area contributed by atoms with Gasteiger partial charge in [0.2, 0.25) is 5.91 Å². The Morgan fingerprint density at radius 3 is 2.79 bits per heavy atom. The summed E-state index contributed by atoms with van der Waals surface area (Å²) in [4.78, 5) is 22.8. The summed E-state index contributed by atoms with van der Waals surface area (Å²) < 4.78 is 1.82. The molecule has 3 aromatic rings. The highest BCUT2D eigenvalue weighted by molar-refractivity contribution is 7.99. The predicted molar refractivity (Wildman–Crippen MR) is 113 cm³/mol. The van der Waals surface area contributed by atoms with Gasteiger partial charge >= 0.3 is 0 Å². The molecule has 0 atom stereocenters. The number of hydrogen-bond acceptors (Lipinski definition) is 6. The molecule has 0 spiro atoms. The zero-order chi connectivity index (χ0) is 20.8. The van der Waals surface area contributed by atoms with Crippen LogP contribution < -0.4 is 5.32 Å². The first-order chi connectivity index (χ1) is 14.0. The fourth-order valence-corrected chi connectivity index (χ4v) is 3.52. The van der Waals surface area contributed by atoms with E-state index in [1.807, 2.05) is 16.7 Å². The van der Waals surface area contributed by atoms with Gasteiger partial charge in [-0.1, -0.05) is 53.7 Å². The number of rotatable bonds is 8. The topological polar surface area (TPSA) is 103 Å². The van der Waals surface area contributed by atoms with Crippen molar-refractivity contribution >= 4 is 40.6 Å². The second-order valence-corrected chi connectivity index (χ2v) is 7.21. The van der Waals surface area contributed by atoms with Gasteiger partial charge in [-0.2, -0.15) is 0 Å². The van der Waals surface area contributed by atoms with Crippen molar-refractivity contribution in [3.05, 3.63) is 76.3 Å². The second kappa shape index (κ2) is 9.35. The summed E-state index contributed by atoms with van der Waals surface area (Å²) in [6.45, 7) is 4.20. The third-order valence-electron chi connectivity index (χ3n) is 3.82. The van der Waals surface area contributed by atoms with Crippen molar-refractivity contribution in [2.75, 3.05) is 11.1 Å². The number of nitro benzene ring substituents is 1. The molecule has 0 saturated carbocycles. The molecule has 3 rings (SSSR count). The van der Waals surface area contributed by atoms with Crippen LogP contribution in [-0.2, 0) is 11.3 Å². The Bertz CT molecular complexity index is 1070. The van der Waals surface area contributed by atoms with E-state index in [9.17, 15) is 14.9 Å². The maximum Gasteiger partial charge on any atom is 0.292 e. The summed E-state index contributed by atoms with van der Waals surface area (Å²) in [6, 6.07) is 13.2. The van der Waals surface area contributed by atoms with Crippen molar-refractivity contribution in [2.45, 2.75) is 11.7 Å². The van der Waals surface area contributed by atoms with E-state index in [2.05, 4.69) is 22.1 Å². The average Bonchev–Trinajstić information content (AvgIpc) is 3.09. The molecular weight excluding hydrogens is 414 g/mol. The van der Waals surface area contributed by atoms with E-state index in [4.69, 9.17) is 11.6 Å². The number of aromatic nitrogens is 3. The van der Waals surface area contributed by atoms with Gasteiger partial charge < -0.3 is 5.32 Å². The van der Waals surface area contributed by atoms with Crippen molar-refractivity contribution in [1.29, 1.82) is 0 Å². The SMILES string of the molecule is C=CCn1c(SCC(=O)Nc2ccccc2[N+](=O)[O-])nnc1-c1cccc(Cl)c1. The van der Waals surface area contributed by atoms with Crippen LogP contribution in [0.4, 0.5) is 11.4 Å². The second-order valence-electron chi connectivity index (χ2n) is 5.83. The normalized spacial score (nSPS) is 10.5. The maximum absolute atomic E-state index is 12.3. The molecule has 0 bridgehead atoms. The highest BCUT2D eigenvalue weighted by Gasteiger charge is 2.17. The molecule has 1 amide bonds. The highest BCUT2D eigenvalue weighted by Crippen LogP contribution is 2.27. The summed E-state index contributed by atoms with van der Waals surface area (Å²) in [7, 11) is 0. The van der Waals surface area contributed by atoms with E-state index in [1.54, 1.807) is 24.3 Å². The predicted octanol–water partition coefficient (Wildman–Crippen LogP) is 4.42. The molecular formula is C19H16ClN5O3S. The average molecular weight is 430 g/mol. The van der Waals surface area contributed by atoms with Crippen LogP contribution in [0.5, 0.6) is 0 Å². The lowest BCUT2D eigenvalue weighted by Gasteiger charge is -2.08. The van der Waals surface area contributed by atoms with Gasteiger partial charge in [-0.3, -0.25) is 19.5 Å². The minimum atomic E-state index is -0.541. The van der Waals surface area contributed by atoms with Gasteiger partial charge in [-0.25, -0.2) is 0 Å². The molecule has 29 heavy (non-hydrogen) atoms. The molecule has 0 saturated heterocycles. The fourth-order valence-electron chi connectivity index (χ4n) is 2.59. The molecule has 0 aliphatic heterocycles. The summed E-state index contributed by atoms with van der Waals surface area (Å²) in [5.41, 5.74) is 0.780. The minimum absolute atomic E-state index is 0.0108. The number of para-hydroxylation sites is 2. The number of benzene rings is 2. The van der Waals surface area contributed by atoms with Crippen molar-refractivity contribution in [1.82, 2.24) is 14.8 Å². The Morgan fingerprint density at radius 2 is 2.07 bits per heavy atom. The molecule has 0 aliphatic rings. The smallest absolute Gasteiger partial charge is 0.292 e. The Labute approximate surface area is 175 Å². The fraction of sp³-hybridized carbons (Fsp3) is 0.105. The number of nitro groups is 1. The number of halogens is 1. The molecule has 1 N–H and O–H groups in total. The van der Waals surface area contributed by atoms with Crippen LogP contribution in [0.3, 0.4) is 0 Å². The molecule has 2 aromatic carbocycles. The van der Waals surface area contributed by atoms with Gasteiger partial charge in [0, 0.05) is 23.2 Å². The number of carbonyl (C=O) groups excluding carboxylic acids is 1. The van der Waals surface area contributed by atoms with Gasteiger partial charge in [-0.15, -0.1) is 16.8 Å². The molecule has 10 heteroatoms. The summed E-state index contributed by atoms with van der Waals surface area (Å²) in [5, 5.41) is 23.1. The van der Waals surface area contributed by atoms with Gasteiger partial charge in [-0.05, 0) is 18.2 Å². The van der Waals surface area contributed by atoms with Gasteiger partial charge in [0.05, 0.1) is 10.7 Å². The molecule has 8 nitrogen and oxygen atoms in total. The van der Waals surface area contributed by atoms with Crippen LogP contribution in [0.2, 0.25) is 5.02 Å². The zero-order valence-electron chi connectivity index (χ0n) is 15.1. The molecule has 0 fully saturated rings. The molecule has 0 aliphatic carbocycles. The van der Waals surface area contributed by atoms with Crippen LogP contribution >= 0.6 is 23.4 Å². The first kappa shape index (κ1) is 20.6. The summed E-state index contributed by atoms with van der Waals surface area (Å²) in [6.07, 6.45) is 1.70. The molecule has 148 valence electrons. The summed E-state index contributed by atoms with van der Waals surface area (Å²) in [5.74, 6) is 0.229. The van der Waals surface area contributed by atoms with Crippen LogP contribution in [0.15, 0.2) is 66.3 Å². The standard InChI is InChI=1S/C19H16ClN5O3S/c1-2-10-24-18(13-6-5-7-14(20)11-13)22-23-19(24)29-12-17(26)21-15-8-3-4-9-16(15)25(27)28/h2-9,11H,1,10,12H2,(H,21,26). The Morgan fingerprint density at radius 1 is 1.28 bits per heavy atom. The van der Waals surface area contributed by atoms with E-state index in [1.165, 1.54) is 30.0 Å². The van der Waals surface area contributed by atoms with E-state index in [-0.39, 0.29) is 23.0 Å². The quantitative estimate of drug-likeness (QED) is 0.246. The van der Waals surface area contributed by atoms with E-state index in [0.717, 1.165) is 5.56 Å². The Hall–Kier alpha value is -3.17. The molecule has 1 heterocycles. The van der Waals surface area contributed by atoms with Gasteiger partial charge in [0.15, 0.2) is 11.0 Å². The lowest BCUT2D eigenvalue weighted by atomic mass is 10.2. The van der Waals surface area contributed by atoms with Crippen LogP contribution in [0.1, 0.15) is 0 Å². The number of nitrogens with one attached hydrogen (secondary N) is 1. The summed E-state index contributed by atoms with van der Waals surface area (Å²) >= 11 is 7.24. The number of hydrogen-bond donors (Lipinski definition) is 1. The number of anilines is 1. The molecule has 0 unspecified atom stereocenters. The number of thioether (sulfide) groups is 1. The van der Waals surface area contributed by atoms with Crippen molar-refractivity contribution in [3.8, 4) is 11.4 Å². The van der Waals surface area contributed by atoms with E-state index >= 15 is 0 Å².